The van der Waals surface area contributed by atoms with Crippen molar-refractivity contribution in [3.05, 3.63) is 0 Å². The molecule has 1 fully saturated rings. The molecule has 0 aromatic rings. The first-order valence-corrected chi connectivity index (χ1v) is 7.75. The highest BCUT2D eigenvalue weighted by molar-refractivity contribution is 5.01. The highest BCUT2D eigenvalue weighted by atomic mass is 19.4. The molecule has 2 nitrogen and oxygen atoms in total. The van der Waals surface area contributed by atoms with Gasteiger partial charge in [0.05, 0.1) is 6.54 Å². The van der Waals surface area contributed by atoms with Gasteiger partial charge in [0.25, 0.3) is 0 Å². The average molecular weight is 294 g/mol. The molecule has 0 bridgehead atoms. The van der Waals surface area contributed by atoms with Gasteiger partial charge in [0, 0.05) is 12.1 Å². The van der Waals surface area contributed by atoms with E-state index in [0.29, 0.717) is 6.54 Å². The van der Waals surface area contributed by atoms with E-state index in [9.17, 15) is 13.2 Å². The van der Waals surface area contributed by atoms with Gasteiger partial charge in [0.2, 0.25) is 0 Å². The molecule has 5 heteroatoms. The molecule has 1 aliphatic rings. The molecule has 20 heavy (non-hydrogen) atoms. The third kappa shape index (κ3) is 4.92. The number of alkyl halides is 3. The van der Waals surface area contributed by atoms with Crippen LogP contribution in [0, 0.1) is 5.41 Å². The molecule has 120 valence electrons. The molecule has 0 heterocycles. The van der Waals surface area contributed by atoms with Crippen molar-refractivity contribution in [3.8, 4) is 0 Å². The summed E-state index contributed by atoms with van der Waals surface area (Å²) >= 11 is 0. The lowest BCUT2D eigenvalue weighted by molar-refractivity contribution is -0.152. The van der Waals surface area contributed by atoms with Crippen molar-refractivity contribution >= 4 is 0 Å². The third-order valence-corrected chi connectivity index (χ3v) is 4.29. The predicted molar refractivity (Wildman–Crippen MR) is 76.8 cm³/mol. The zero-order valence-electron chi connectivity index (χ0n) is 13.2. The van der Waals surface area contributed by atoms with Crippen molar-refractivity contribution in [1.82, 2.24) is 10.2 Å². The monoisotopic (exact) mass is 294 g/mol. The Morgan fingerprint density at radius 2 is 1.85 bits per heavy atom. The number of nitrogens with one attached hydrogen (secondary N) is 1. The molecule has 0 amide bonds. The van der Waals surface area contributed by atoms with E-state index in [0.717, 1.165) is 32.2 Å². The zero-order valence-corrected chi connectivity index (χ0v) is 13.2. The molecular weight excluding hydrogens is 265 g/mol. The lowest BCUT2D eigenvalue weighted by atomic mass is 9.86. The van der Waals surface area contributed by atoms with Crippen LogP contribution in [0.4, 0.5) is 13.2 Å². The third-order valence-electron chi connectivity index (χ3n) is 4.29. The van der Waals surface area contributed by atoms with E-state index in [1.54, 1.807) is 4.90 Å². The van der Waals surface area contributed by atoms with Gasteiger partial charge in [0.15, 0.2) is 0 Å². The van der Waals surface area contributed by atoms with Gasteiger partial charge >= 0.3 is 6.18 Å². The molecule has 2 unspecified atom stereocenters. The lowest BCUT2D eigenvalue weighted by Crippen LogP contribution is -2.54. The van der Waals surface area contributed by atoms with Gasteiger partial charge in [0.1, 0.15) is 0 Å². The van der Waals surface area contributed by atoms with E-state index in [2.05, 4.69) is 26.1 Å². The number of rotatable bonds is 7. The van der Waals surface area contributed by atoms with Gasteiger partial charge in [-0.15, -0.1) is 0 Å². The Bertz CT molecular complexity index is 289. The van der Waals surface area contributed by atoms with Gasteiger partial charge in [-0.1, -0.05) is 27.7 Å². The van der Waals surface area contributed by atoms with E-state index in [-0.39, 0.29) is 17.5 Å². The summed E-state index contributed by atoms with van der Waals surface area (Å²) in [7, 11) is 0. The summed E-state index contributed by atoms with van der Waals surface area (Å²) in [6, 6.07) is 0.148. The highest BCUT2D eigenvalue weighted by Gasteiger charge is 2.46. The van der Waals surface area contributed by atoms with Crippen molar-refractivity contribution in [2.75, 3.05) is 19.6 Å². The number of nitrogens with zero attached hydrogens (tertiary/aromatic N) is 1. The molecule has 1 rings (SSSR count). The molecule has 1 N–H and O–H groups in total. The van der Waals surface area contributed by atoms with E-state index < -0.39 is 12.7 Å². The standard InChI is InChI=1S/C15H29F3N2/c1-5-9-19-13-12(7-8-14(13,3)4)20(10-6-2)11-15(16,17)18/h12-13,19H,5-11H2,1-4H3. The Hall–Kier alpha value is -0.290. The van der Waals surface area contributed by atoms with Crippen LogP contribution < -0.4 is 5.32 Å². The summed E-state index contributed by atoms with van der Waals surface area (Å²) < 4.78 is 38.4. The van der Waals surface area contributed by atoms with Gasteiger partial charge < -0.3 is 5.32 Å². The van der Waals surface area contributed by atoms with Crippen LogP contribution in [-0.2, 0) is 0 Å². The first kappa shape index (κ1) is 17.8. The Balaban J connectivity index is 2.81. The fourth-order valence-electron chi connectivity index (χ4n) is 3.35. The van der Waals surface area contributed by atoms with Crippen LogP contribution in [0.2, 0.25) is 0 Å². The van der Waals surface area contributed by atoms with Crippen LogP contribution in [0.3, 0.4) is 0 Å². The molecule has 0 aromatic carbocycles. The Kier molecular flexibility index (Phi) is 6.32. The van der Waals surface area contributed by atoms with Gasteiger partial charge in [-0.2, -0.15) is 13.2 Å². The van der Waals surface area contributed by atoms with E-state index in [4.69, 9.17) is 0 Å². The number of halogens is 3. The molecule has 0 radical (unpaired) electrons. The van der Waals surface area contributed by atoms with Crippen molar-refractivity contribution < 1.29 is 13.2 Å². The summed E-state index contributed by atoms with van der Waals surface area (Å²) in [5, 5.41) is 3.49. The molecule has 2 atom stereocenters. The molecule has 1 aliphatic carbocycles. The molecule has 0 spiro atoms. The average Bonchev–Trinajstić information content (AvgIpc) is 2.60. The second-order valence-electron chi connectivity index (χ2n) is 6.61. The minimum absolute atomic E-state index is 0.00174. The van der Waals surface area contributed by atoms with Gasteiger partial charge in [-0.05, 0) is 44.2 Å². The largest absolute Gasteiger partial charge is 0.401 e. The fraction of sp³-hybridized carbons (Fsp3) is 1.00. The maximum atomic E-state index is 12.8. The fourth-order valence-corrected chi connectivity index (χ4v) is 3.35. The minimum Gasteiger partial charge on any atom is -0.312 e. The van der Waals surface area contributed by atoms with Crippen LogP contribution in [-0.4, -0.2) is 42.8 Å². The van der Waals surface area contributed by atoms with E-state index >= 15 is 0 Å². The Labute approximate surface area is 121 Å². The van der Waals surface area contributed by atoms with Crippen molar-refractivity contribution in [1.29, 1.82) is 0 Å². The number of hydrogen-bond acceptors (Lipinski definition) is 2. The molecule has 1 saturated carbocycles. The normalized spacial score (nSPS) is 26.4. The Morgan fingerprint density at radius 1 is 1.20 bits per heavy atom. The quantitative estimate of drug-likeness (QED) is 0.768. The second-order valence-corrected chi connectivity index (χ2v) is 6.61. The van der Waals surface area contributed by atoms with Gasteiger partial charge in [-0.3, -0.25) is 4.90 Å². The van der Waals surface area contributed by atoms with E-state index in [1.807, 2.05) is 6.92 Å². The summed E-state index contributed by atoms with van der Waals surface area (Å²) in [6.45, 7) is 8.96. The summed E-state index contributed by atoms with van der Waals surface area (Å²) in [6.07, 6.45) is -0.515. The van der Waals surface area contributed by atoms with Crippen LogP contribution in [0.25, 0.3) is 0 Å². The second kappa shape index (κ2) is 7.12. The van der Waals surface area contributed by atoms with Crippen LogP contribution in [0.15, 0.2) is 0 Å². The smallest absolute Gasteiger partial charge is 0.312 e. The lowest BCUT2D eigenvalue weighted by Gasteiger charge is -2.38. The van der Waals surface area contributed by atoms with Crippen LogP contribution in [0.1, 0.15) is 53.4 Å². The summed E-state index contributed by atoms with van der Waals surface area (Å²) in [4.78, 5) is 1.64. The van der Waals surface area contributed by atoms with Crippen LogP contribution >= 0.6 is 0 Å². The summed E-state index contributed by atoms with van der Waals surface area (Å²) in [5.74, 6) is 0. The number of hydrogen-bond donors (Lipinski definition) is 1. The van der Waals surface area contributed by atoms with Gasteiger partial charge in [-0.25, -0.2) is 0 Å². The molecular formula is C15H29F3N2. The van der Waals surface area contributed by atoms with Crippen molar-refractivity contribution in [2.24, 2.45) is 5.41 Å². The molecule has 0 saturated heterocycles. The highest BCUT2D eigenvalue weighted by Crippen LogP contribution is 2.40. The van der Waals surface area contributed by atoms with E-state index in [1.165, 1.54) is 0 Å². The first-order chi connectivity index (χ1) is 9.21. The van der Waals surface area contributed by atoms with Crippen molar-refractivity contribution in [2.45, 2.75) is 71.6 Å². The first-order valence-electron chi connectivity index (χ1n) is 7.75. The molecule has 0 aromatic heterocycles. The maximum Gasteiger partial charge on any atom is 0.401 e. The maximum absolute atomic E-state index is 12.8. The Morgan fingerprint density at radius 3 is 2.35 bits per heavy atom. The summed E-state index contributed by atoms with van der Waals surface area (Å²) in [5.41, 5.74) is 0.0669. The molecule has 0 aliphatic heterocycles. The minimum atomic E-state index is -4.11. The predicted octanol–water partition coefficient (Wildman–Crippen LogP) is 3.82. The zero-order chi connectivity index (χ0) is 15.4. The SMILES string of the molecule is CCCNC1C(N(CCC)CC(F)(F)F)CCC1(C)C. The topological polar surface area (TPSA) is 15.3 Å². The van der Waals surface area contributed by atoms with Crippen LogP contribution in [0.5, 0.6) is 0 Å². The van der Waals surface area contributed by atoms with Crippen molar-refractivity contribution in [3.63, 3.8) is 0 Å².